The number of methoxy groups -OCH3 is 1. The Bertz CT molecular complexity index is 1370. The van der Waals surface area contributed by atoms with Crippen molar-refractivity contribution in [1.82, 2.24) is 10.4 Å². The highest BCUT2D eigenvalue weighted by molar-refractivity contribution is 7.21. The van der Waals surface area contributed by atoms with E-state index in [1.165, 1.54) is 35.6 Å². The van der Waals surface area contributed by atoms with Gasteiger partial charge < -0.3 is 4.74 Å². The highest BCUT2D eigenvalue weighted by Gasteiger charge is 2.11. The van der Waals surface area contributed by atoms with E-state index in [9.17, 15) is 14.9 Å². The number of amidine groups is 1. The van der Waals surface area contributed by atoms with Gasteiger partial charge in [0.1, 0.15) is 5.75 Å². The Labute approximate surface area is 191 Å². The Balaban J connectivity index is 1.58. The number of fused-ring (bicyclic) bond motifs is 1. The Morgan fingerprint density at radius 1 is 1.06 bits per heavy atom. The van der Waals surface area contributed by atoms with Crippen LogP contribution in [0.2, 0.25) is 0 Å². The van der Waals surface area contributed by atoms with E-state index in [1.54, 1.807) is 19.2 Å². The number of thiazole rings is 1. The van der Waals surface area contributed by atoms with E-state index in [2.05, 4.69) is 25.7 Å². The SMILES string of the molecule is COc1ccc2nc(N=N/C(=N/NC(=O)c3ccc([N+](=O)[O-])cc3)c3ccccc3)sc2c1. The third kappa shape index (κ3) is 5.22. The summed E-state index contributed by atoms with van der Waals surface area (Å²) in [7, 11) is 1.59. The third-order valence-corrected chi connectivity index (χ3v) is 5.35. The number of carbonyl (C=O) groups is 1. The van der Waals surface area contributed by atoms with E-state index < -0.39 is 10.8 Å². The number of rotatable bonds is 6. The van der Waals surface area contributed by atoms with Crippen LogP contribution in [-0.4, -0.2) is 28.8 Å². The zero-order valence-electron chi connectivity index (χ0n) is 17.2. The second-order valence-corrected chi connectivity index (χ2v) is 7.59. The van der Waals surface area contributed by atoms with E-state index in [4.69, 9.17) is 4.74 Å². The zero-order valence-corrected chi connectivity index (χ0v) is 18.0. The Hall–Kier alpha value is -4.51. The second-order valence-electron chi connectivity index (χ2n) is 6.58. The number of nitro groups is 1. The van der Waals surface area contributed by atoms with Crippen molar-refractivity contribution in [2.45, 2.75) is 0 Å². The molecule has 11 heteroatoms. The number of non-ortho nitro benzene ring substituents is 1. The molecular weight excluding hydrogens is 444 g/mol. The molecular formula is C22H16N6O4S. The number of nitro benzene ring substituents is 1. The van der Waals surface area contributed by atoms with Crippen LogP contribution in [-0.2, 0) is 0 Å². The number of benzene rings is 3. The minimum Gasteiger partial charge on any atom is -0.497 e. The molecule has 0 aliphatic carbocycles. The first-order valence-corrected chi connectivity index (χ1v) is 10.4. The molecule has 33 heavy (non-hydrogen) atoms. The van der Waals surface area contributed by atoms with Gasteiger partial charge in [0.25, 0.3) is 11.6 Å². The normalized spacial score (nSPS) is 11.6. The van der Waals surface area contributed by atoms with Gasteiger partial charge in [-0.25, -0.2) is 10.4 Å². The van der Waals surface area contributed by atoms with Crippen molar-refractivity contribution in [3.63, 3.8) is 0 Å². The Morgan fingerprint density at radius 3 is 2.52 bits per heavy atom. The molecule has 0 fully saturated rings. The van der Waals surface area contributed by atoms with Crippen molar-refractivity contribution in [2.75, 3.05) is 7.11 Å². The van der Waals surface area contributed by atoms with Crippen LogP contribution >= 0.6 is 11.3 Å². The highest BCUT2D eigenvalue weighted by Crippen LogP contribution is 2.31. The number of aromatic nitrogens is 1. The van der Waals surface area contributed by atoms with Crippen molar-refractivity contribution in [3.8, 4) is 5.75 Å². The minimum atomic E-state index is -0.541. The molecule has 0 saturated heterocycles. The van der Waals surface area contributed by atoms with Crippen LogP contribution in [0.1, 0.15) is 15.9 Å². The van der Waals surface area contributed by atoms with Crippen molar-refractivity contribution >= 4 is 44.1 Å². The fourth-order valence-corrected chi connectivity index (χ4v) is 3.60. The molecule has 1 N–H and O–H groups in total. The lowest BCUT2D eigenvalue weighted by Gasteiger charge is -2.02. The second kappa shape index (κ2) is 9.75. The van der Waals surface area contributed by atoms with Gasteiger partial charge in [0.2, 0.25) is 11.0 Å². The maximum Gasteiger partial charge on any atom is 0.271 e. The summed E-state index contributed by atoms with van der Waals surface area (Å²) in [4.78, 5) is 27.1. The molecule has 3 aromatic carbocycles. The molecule has 0 saturated carbocycles. The van der Waals surface area contributed by atoms with Crippen LogP contribution in [0.5, 0.6) is 5.75 Å². The minimum absolute atomic E-state index is 0.109. The maximum atomic E-state index is 12.4. The summed E-state index contributed by atoms with van der Waals surface area (Å²) in [5, 5.41) is 23.7. The number of nitrogens with zero attached hydrogens (tertiary/aromatic N) is 5. The molecule has 0 unspecified atom stereocenters. The molecule has 0 spiro atoms. The number of azo groups is 1. The first-order chi connectivity index (χ1) is 16.0. The van der Waals surface area contributed by atoms with Gasteiger partial charge >= 0.3 is 0 Å². The van der Waals surface area contributed by atoms with Crippen LogP contribution in [0, 0.1) is 10.1 Å². The fourth-order valence-electron chi connectivity index (χ4n) is 2.79. The lowest BCUT2D eigenvalue weighted by molar-refractivity contribution is -0.384. The van der Waals surface area contributed by atoms with E-state index in [1.807, 2.05) is 36.4 Å². The molecule has 10 nitrogen and oxygen atoms in total. The predicted molar refractivity (Wildman–Crippen MR) is 124 cm³/mol. The summed E-state index contributed by atoms with van der Waals surface area (Å²) in [6, 6.07) is 19.7. The van der Waals surface area contributed by atoms with E-state index in [0.29, 0.717) is 10.7 Å². The van der Waals surface area contributed by atoms with E-state index >= 15 is 0 Å². The lowest BCUT2D eigenvalue weighted by Crippen LogP contribution is -2.19. The van der Waals surface area contributed by atoms with Crippen molar-refractivity contribution in [2.24, 2.45) is 15.3 Å². The summed E-state index contributed by atoms with van der Waals surface area (Å²) in [6.07, 6.45) is 0. The largest absolute Gasteiger partial charge is 0.497 e. The number of amides is 1. The van der Waals surface area contributed by atoms with Crippen molar-refractivity contribution < 1.29 is 14.5 Å². The van der Waals surface area contributed by atoms with Crippen LogP contribution < -0.4 is 10.2 Å². The monoisotopic (exact) mass is 460 g/mol. The summed E-state index contributed by atoms with van der Waals surface area (Å²) >= 11 is 1.34. The quantitative estimate of drug-likeness (QED) is 0.141. The molecule has 0 atom stereocenters. The number of carbonyl (C=O) groups excluding carboxylic acids is 1. The van der Waals surface area contributed by atoms with E-state index in [-0.39, 0.29) is 17.1 Å². The van der Waals surface area contributed by atoms with Gasteiger partial charge in [-0.2, -0.15) is 0 Å². The maximum absolute atomic E-state index is 12.4. The molecule has 1 heterocycles. The van der Waals surface area contributed by atoms with Gasteiger partial charge in [-0.1, -0.05) is 41.7 Å². The summed E-state index contributed by atoms with van der Waals surface area (Å²) in [5.74, 6) is 0.346. The standard InChI is InChI=1S/C22H16N6O4S/c1-32-17-11-12-18-19(13-17)33-22(23-18)27-25-20(14-5-3-2-4-6-14)24-26-21(29)15-7-9-16(10-8-15)28(30)31/h2-13H,1H3,(H,26,29)/b24-20+,27-25?. The first kappa shape index (κ1) is 21.7. The number of hydrogen-bond acceptors (Lipinski definition) is 8. The van der Waals surface area contributed by atoms with Crippen LogP contribution in [0.15, 0.2) is 88.1 Å². The van der Waals surface area contributed by atoms with Crippen molar-refractivity contribution in [3.05, 3.63) is 94.0 Å². The summed E-state index contributed by atoms with van der Waals surface area (Å²) < 4.78 is 6.13. The van der Waals surface area contributed by atoms with Crippen LogP contribution in [0.3, 0.4) is 0 Å². The molecule has 4 rings (SSSR count). The molecule has 0 aliphatic rings. The molecule has 0 bridgehead atoms. The van der Waals surface area contributed by atoms with E-state index in [0.717, 1.165) is 16.0 Å². The average Bonchev–Trinajstić information content (AvgIpc) is 3.26. The van der Waals surface area contributed by atoms with Gasteiger partial charge in [0, 0.05) is 23.3 Å². The molecule has 164 valence electrons. The van der Waals surface area contributed by atoms with Gasteiger partial charge in [-0.15, -0.1) is 15.3 Å². The van der Waals surface area contributed by atoms with Gasteiger partial charge in [-0.05, 0) is 30.3 Å². The number of hydrazone groups is 1. The highest BCUT2D eigenvalue weighted by atomic mass is 32.1. The van der Waals surface area contributed by atoms with Crippen LogP contribution in [0.4, 0.5) is 10.8 Å². The Kier molecular flexibility index (Phi) is 6.41. The smallest absolute Gasteiger partial charge is 0.271 e. The average molecular weight is 460 g/mol. The predicted octanol–water partition coefficient (Wildman–Crippen LogP) is 5.09. The Morgan fingerprint density at radius 2 is 1.82 bits per heavy atom. The molecule has 1 amide bonds. The van der Waals surface area contributed by atoms with Gasteiger partial charge in [0.15, 0.2) is 0 Å². The molecule has 4 aromatic rings. The summed E-state index contributed by atoms with van der Waals surface area (Å²) in [6.45, 7) is 0. The first-order valence-electron chi connectivity index (χ1n) is 9.58. The molecule has 0 radical (unpaired) electrons. The van der Waals surface area contributed by atoms with Crippen molar-refractivity contribution in [1.29, 1.82) is 0 Å². The number of nitrogens with one attached hydrogen (secondary N) is 1. The lowest BCUT2D eigenvalue weighted by atomic mass is 10.2. The summed E-state index contributed by atoms with van der Waals surface area (Å²) in [5.41, 5.74) is 3.92. The third-order valence-electron chi connectivity index (χ3n) is 4.45. The van der Waals surface area contributed by atoms with Gasteiger partial charge in [-0.3, -0.25) is 14.9 Å². The van der Waals surface area contributed by atoms with Gasteiger partial charge in [0.05, 0.1) is 22.2 Å². The number of ether oxygens (including phenoxy) is 1. The zero-order chi connectivity index (χ0) is 23.2. The molecule has 1 aromatic heterocycles. The van der Waals surface area contributed by atoms with Crippen LogP contribution in [0.25, 0.3) is 10.2 Å². The molecule has 0 aliphatic heterocycles. The fraction of sp³-hybridized carbons (Fsp3) is 0.0455. The topological polar surface area (TPSA) is 131 Å². The number of hydrogen-bond donors (Lipinski definition) is 1.